The van der Waals surface area contributed by atoms with Gasteiger partial charge in [0.25, 0.3) is 0 Å². The molecule has 0 aliphatic heterocycles. The van der Waals surface area contributed by atoms with Crippen molar-refractivity contribution in [3.8, 4) is 11.4 Å². The lowest BCUT2D eigenvalue weighted by Gasteiger charge is -2.10. The number of imidazole rings is 1. The van der Waals surface area contributed by atoms with E-state index < -0.39 is 5.97 Å². The Morgan fingerprint density at radius 3 is 2.61 bits per heavy atom. The average molecular weight is 399 g/mol. The van der Waals surface area contributed by atoms with E-state index in [0.29, 0.717) is 11.8 Å². The number of thioether (sulfide) groups is 1. The molecule has 0 aliphatic carbocycles. The smallest absolute Gasteiger partial charge is 0.325 e. The van der Waals surface area contributed by atoms with Crippen LogP contribution >= 0.6 is 11.8 Å². The van der Waals surface area contributed by atoms with E-state index >= 15 is 0 Å². The van der Waals surface area contributed by atoms with Gasteiger partial charge in [-0.15, -0.1) is 0 Å². The molecule has 0 saturated carbocycles. The third-order valence-corrected chi connectivity index (χ3v) is 4.86. The van der Waals surface area contributed by atoms with Crippen molar-refractivity contribution < 1.29 is 19.1 Å². The molecular formula is C20H21N3O4S. The van der Waals surface area contributed by atoms with Crippen LogP contribution < -0.4 is 10.1 Å². The topological polar surface area (TPSA) is 82.5 Å². The maximum atomic E-state index is 12.0. The van der Waals surface area contributed by atoms with Crippen LogP contribution in [0.15, 0.2) is 53.7 Å². The predicted octanol–water partition coefficient (Wildman–Crippen LogP) is 2.81. The number of fused-ring (bicyclic) bond motifs is 1. The summed E-state index contributed by atoms with van der Waals surface area (Å²) in [5.74, 6) is 0.185. The Morgan fingerprint density at radius 1 is 1.14 bits per heavy atom. The predicted molar refractivity (Wildman–Crippen MR) is 108 cm³/mol. The highest BCUT2D eigenvalue weighted by Crippen LogP contribution is 2.28. The fourth-order valence-electron chi connectivity index (χ4n) is 2.63. The second kappa shape index (κ2) is 9.27. The van der Waals surface area contributed by atoms with Crippen LogP contribution in [0.25, 0.3) is 16.7 Å². The summed E-state index contributed by atoms with van der Waals surface area (Å²) >= 11 is 1.31. The number of hydrogen-bond acceptors (Lipinski definition) is 6. The maximum absolute atomic E-state index is 12.0. The third-order valence-electron chi connectivity index (χ3n) is 3.93. The molecule has 0 unspecified atom stereocenters. The number of ether oxygens (including phenoxy) is 2. The Morgan fingerprint density at radius 2 is 1.89 bits per heavy atom. The molecule has 0 atom stereocenters. The minimum Gasteiger partial charge on any atom is -0.494 e. The number of para-hydroxylation sites is 2. The molecule has 1 heterocycles. The van der Waals surface area contributed by atoms with E-state index in [1.807, 2.05) is 60.0 Å². The van der Waals surface area contributed by atoms with Crippen molar-refractivity contribution in [2.24, 2.45) is 0 Å². The Labute approximate surface area is 167 Å². The maximum Gasteiger partial charge on any atom is 0.325 e. The zero-order valence-corrected chi connectivity index (χ0v) is 16.5. The molecule has 1 amide bonds. The van der Waals surface area contributed by atoms with Crippen molar-refractivity contribution in [3.63, 3.8) is 0 Å². The van der Waals surface area contributed by atoms with Gasteiger partial charge in [0.1, 0.15) is 12.3 Å². The molecular weight excluding hydrogens is 378 g/mol. The first-order valence-corrected chi connectivity index (χ1v) is 9.78. The number of methoxy groups -OCH3 is 1. The number of esters is 1. The van der Waals surface area contributed by atoms with Crippen LogP contribution in [0.1, 0.15) is 6.92 Å². The number of carbonyl (C=O) groups excluding carboxylic acids is 2. The van der Waals surface area contributed by atoms with Crippen molar-refractivity contribution in [1.29, 1.82) is 0 Å². The first-order valence-electron chi connectivity index (χ1n) is 8.79. The Kier molecular flexibility index (Phi) is 6.54. The van der Waals surface area contributed by atoms with E-state index in [2.05, 4.69) is 15.0 Å². The molecule has 8 heteroatoms. The van der Waals surface area contributed by atoms with Gasteiger partial charge in [0, 0.05) is 5.69 Å². The summed E-state index contributed by atoms with van der Waals surface area (Å²) in [5, 5.41) is 3.22. The first kappa shape index (κ1) is 19.8. The molecule has 146 valence electrons. The highest BCUT2D eigenvalue weighted by Gasteiger charge is 2.15. The van der Waals surface area contributed by atoms with Gasteiger partial charge in [-0.2, -0.15) is 0 Å². The van der Waals surface area contributed by atoms with E-state index in [4.69, 9.17) is 4.74 Å². The van der Waals surface area contributed by atoms with Gasteiger partial charge in [0.05, 0.1) is 30.5 Å². The molecule has 0 saturated heterocycles. The number of carbonyl (C=O) groups is 2. The summed E-state index contributed by atoms with van der Waals surface area (Å²) in [7, 11) is 1.28. The molecule has 1 aromatic heterocycles. The van der Waals surface area contributed by atoms with Gasteiger partial charge in [-0.3, -0.25) is 14.2 Å². The van der Waals surface area contributed by atoms with Crippen LogP contribution in [0.2, 0.25) is 0 Å². The second-order valence-electron chi connectivity index (χ2n) is 5.79. The number of amides is 1. The van der Waals surface area contributed by atoms with Gasteiger partial charge >= 0.3 is 5.97 Å². The first-order chi connectivity index (χ1) is 13.6. The summed E-state index contributed by atoms with van der Waals surface area (Å²) in [6.07, 6.45) is 0. The summed E-state index contributed by atoms with van der Waals surface area (Å²) in [5.41, 5.74) is 2.72. The van der Waals surface area contributed by atoms with Crippen LogP contribution in [0.3, 0.4) is 0 Å². The SMILES string of the molecule is CCOc1ccc(-n2c(SCC(=O)NCC(=O)OC)nc3ccccc32)cc1. The lowest BCUT2D eigenvalue weighted by Crippen LogP contribution is -2.31. The highest BCUT2D eigenvalue weighted by atomic mass is 32.2. The van der Waals surface area contributed by atoms with E-state index in [1.54, 1.807) is 0 Å². The fraction of sp³-hybridized carbons (Fsp3) is 0.250. The number of nitrogens with zero attached hydrogens (tertiary/aromatic N) is 2. The van der Waals surface area contributed by atoms with E-state index in [9.17, 15) is 9.59 Å². The van der Waals surface area contributed by atoms with Gasteiger partial charge in [0.2, 0.25) is 5.91 Å². The van der Waals surface area contributed by atoms with E-state index in [1.165, 1.54) is 18.9 Å². The Hall–Kier alpha value is -3.00. The minimum atomic E-state index is -0.486. The molecule has 0 radical (unpaired) electrons. The van der Waals surface area contributed by atoms with Gasteiger partial charge in [-0.05, 0) is 43.3 Å². The number of nitrogens with one attached hydrogen (secondary N) is 1. The normalized spacial score (nSPS) is 10.6. The monoisotopic (exact) mass is 399 g/mol. The standard InChI is InChI=1S/C20H21N3O4S/c1-3-27-15-10-8-14(9-11-15)23-17-7-5-4-6-16(17)22-20(23)28-13-18(24)21-12-19(25)26-2/h4-11H,3,12-13H2,1-2H3,(H,21,24). The molecule has 1 N–H and O–H groups in total. The fourth-order valence-corrected chi connectivity index (χ4v) is 3.49. The van der Waals surface area contributed by atoms with E-state index in [0.717, 1.165) is 22.5 Å². The largest absolute Gasteiger partial charge is 0.494 e. The van der Waals surface area contributed by atoms with Crippen LogP contribution in [-0.4, -0.2) is 47.4 Å². The van der Waals surface area contributed by atoms with E-state index in [-0.39, 0.29) is 18.2 Å². The summed E-state index contributed by atoms with van der Waals surface area (Å²) in [6, 6.07) is 15.5. The minimum absolute atomic E-state index is 0.136. The average Bonchev–Trinajstić information content (AvgIpc) is 3.09. The number of rotatable bonds is 8. The quantitative estimate of drug-likeness (QED) is 0.463. The second-order valence-corrected chi connectivity index (χ2v) is 6.73. The Bertz CT molecular complexity index is 969. The number of hydrogen-bond donors (Lipinski definition) is 1. The highest BCUT2D eigenvalue weighted by molar-refractivity contribution is 7.99. The molecule has 3 rings (SSSR count). The molecule has 0 bridgehead atoms. The summed E-state index contributed by atoms with van der Waals surface area (Å²) in [6.45, 7) is 2.40. The van der Waals surface area contributed by atoms with Crippen LogP contribution in [-0.2, 0) is 14.3 Å². The van der Waals surface area contributed by atoms with Gasteiger partial charge in [-0.1, -0.05) is 23.9 Å². The van der Waals surface area contributed by atoms with Crippen LogP contribution in [0.5, 0.6) is 5.75 Å². The van der Waals surface area contributed by atoms with Crippen LogP contribution in [0.4, 0.5) is 0 Å². The zero-order valence-electron chi connectivity index (χ0n) is 15.7. The molecule has 0 aliphatic rings. The van der Waals surface area contributed by atoms with Gasteiger partial charge in [-0.25, -0.2) is 4.98 Å². The Balaban J connectivity index is 1.83. The molecule has 0 fully saturated rings. The van der Waals surface area contributed by atoms with Crippen molar-refractivity contribution in [2.75, 3.05) is 26.0 Å². The molecule has 0 spiro atoms. The lowest BCUT2D eigenvalue weighted by atomic mass is 10.2. The third kappa shape index (κ3) is 4.64. The molecule has 7 nitrogen and oxygen atoms in total. The molecule has 3 aromatic rings. The molecule has 28 heavy (non-hydrogen) atoms. The van der Waals surface area contributed by atoms with Crippen molar-refractivity contribution >= 4 is 34.7 Å². The summed E-state index contributed by atoms with van der Waals surface area (Å²) < 4.78 is 12.0. The van der Waals surface area contributed by atoms with Gasteiger partial charge < -0.3 is 14.8 Å². The zero-order chi connectivity index (χ0) is 19.9. The molecule has 2 aromatic carbocycles. The number of aromatic nitrogens is 2. The van der Waals surface area contributed by atoms with Crippen molar-refractivity contribution in [2.45, 2.75) is 12.1 Å². The van der Waals surface area contributed by atoms with Crippen molar-refractivity contribution in [1.82, 2.24) is 14.9 Å². The number of benzene rings is 2. The lowest BCUT2D eigenvalue weighted by molar-refractivity contribution is -0.140. The van der Waals surface area contributed by atoms with Gasteiger partial charge in [0.15, 0.2) is 5.16 Å². The summed E-state index contributed by atoms with van der Waals surface area (Å²) in [4.78, 5) is 27.8. The van der Waals surface area contributed by atoms with Crippen LogP contribution in [0, 0.1) is 0 Å². The van der Waals surface area contributed by atoms with Crippen molar-refractivity contribution in [3.05, 3.63) is 48.5 Å².